The monoisotopic (exact) mass is 204 g/mol. The van der Waals surface area contributed by atoms with E-state index in [-0.39, 0.29) is 5.57 Å². The molecule has 76 valence electrons. The second-order valence-electron chi connectivity index (χ2n) is 3.33. The average molecular weight is 204 g/mol. The number of fused-ring (bicyclic) bond motifs is 1. The molecule has 0 spiro atoms. The van der Waals surface area contributed by atoms with E-state index in [0.29, 0.717) is 11.0 Å². The molecular weight excluding hydrogens is 195 g/mol. The van der Waals surface area contributed by atoms with Crippen LogP contribution in [-0.2, 0) is 9.45 Å². The predicted molar refractivity (Wildman–Crippen MR) is 54.7 cm³/mol. The molecule has 1 aromatic rings. The maximum Gasteiger partial charge on any atom is 0.492 e. The van der Waals surface area contributed by atoms with Crippen LogP contribution in [0.25, 0.3) is 0 Å². The second-order valence-corrected chi connectivity index (χ2v) is 3.33. The molecule has 0 bridgehead atoms. The van der Waals surface area contributed by atoms with E-state index in [0.717, 1.165) is 0 Å². The third-order valence-corrected chi connectivity index (χ3v) is 2.40. The summed E-state index contributed by atoms with van der Waals surface area (Å²) in [4.78, 5) is 10.7. The zero-order valence-electron chi connectivity index (χ0n) is 7.88. The lowest BCUT2D eigenvalue weighted by atomic mass is 9.79. The molecule has 1 aromatic carbocycles. The molecule has 1 heterocycles. The van der Waals surface area contributed by atoms with E-state index in [1.54, 1.807) is 24.3 Å². The van der Waals surface area contributed by atoms with Gasteiger partial charge in [-0.25, -0.2) is 4.79 Å². The number of aliphatic carboxylic acids is 1. The Kier molecular flexibility index (Phi) is 2.34. The summed E-state index contributed by atoms with van der Waals surface area (Å²) in [6.07, 6.45) is -0.756. The van der Waals surface area contributed by atoms with Gasteiger partial charge in [0.2, 0.25) is 0 Å². The van der Waals surface area contributed by atoms with Crippen molar-refractivity contribution in [2.45, 2.75) is 6.10 Å². The molecule has 0 aromatic heterocycles. The van der Waals surface area contributed by atoms with Crippen LogP contribution in [-0.4, -0.2) is 23.2 Å². The molecule has 1 aliphatic rings. The Bertz CT molecular complexity index is 429. The van der Waals surface area contributed by atoms with Crippen LogP contribution >= 0.6 is 0 Å². The predicted octanol–water partition coefficient (Wildman–Crippen LogP) is 0.0862. The second kappa shape index (κ2) is 3.53. The molecule has 1 atom stereocenters. The van der Waals surface area contributed by atoms with E-state index in [9.17, 15) is 9.82 Å². The minimum absolute atomic E-state index is 0.0704. The van der Waals surface area contributed by atoms with Gasteiger partial charge in [0.15, 0.2) is 0 Å². The summed E-state index contributed by atoms with van der Waals surface area (Å²) in [5.74, 6) is -1.12. The van der Waals surface area contributed by atoms with Crippen LogP contribution in [0.4, 0.5) is 0 Å². The van der Waals surface area contributed by atoms with Crippen molar-refractivity contribution in [1.82, 2.24) is 0 Å². The van der Waals surface area contributed by atoms with Gasteiger partial charge >= 0.3 is 13.1 Å². The lowest BCUT2D eigenvalue weighted by Gasteiger charge is -2.11. The van der Waals surface area contributed by atoms with Gasteiger partial charge in [0.1, 0.15) is 6.10 Å². The maximum atomic E-state index is 10.7. The van der Waals surface area contributed by atoms with Gasteiger partial charge in [-0.15, -0.1) is 0 Å². The SMILES string of the molecule is C=C(C(=O)O)C1OB(O)c2ccccc21. The van der Waals surface area contributed by atoms with Crippen molar-refractivity contribution in [2.24, 2.45) is 0 Å². The highest BCUT2D eigenvalue weighted by Crippen LogP contribution is 2.29. The molecule has 2 N–H and O–H groups in total. The van der Waals surface area contributed by atoms with Crippen molar-refractivity contribution >= 4 is 18.6 Å². The molecule has 0 radical (unpaired) electrons. The fraction of sp³-hybridized carbons (Fsp3) is 0.100. The highest BCUT2D eigenvalue weighted by atomic mass is 16.5. The summed E-state index contributed by atoms with van der Waals surface area (Å²) in [6.45, 7) is 3.43. The third-order valence-electron chi connectivity index (χ3n) is 2.40. The fourth-order valence-corrected chi connectivity index (χ4v) is 1.63. The largest absolute Gasteiger partial charge is 0.492 e. The highest BCUT2D eigenvalue weighted by molar-refractivity contribution is 6.61. The van der Waals surface area contributed by atoms with E-state index in [4.69, 9.17) is 9.76 Å². The number of hydrogen-bond acceptors (Lipinski definition) is 3. The molecule has 15 heavy (non-hydrogen) atoms. The molecule has 0 aliphatic carbocycles. The van der Waals surface area contributed by atoms with Crippen molar-refractivity contribution in [1.29, 1.82) is 0 Å². The summed E-state index contributed by atoms with van der Waals surface area (Å²) < 4.78 is 5.13. The lowest BCUT2D eigenvalue weighted by Crippen LogP contribution is -2.27. The zero-order chi connectivity index (χ0) is 11.0. The van der Waals surface area contributed by atoms with E-state index in [2.05, 4.69) is 6.58 Å². The van der Waals surface area contributed by atoms with Gasteiger partial charge in [0, 0.05) is 0 Å². The van der Waals surface area contributed by atoms with Gasteiger partial charge in [-0.05, 0) is 11.0 Å². The summed E-state index contributed by atoms with van der Waals surface area (Å²) in [7, 11) is -1.07. The molecule has 5 heteroatoms. The van der Waals surface area contributed by atoms with Crippen LogP contribution in [0.2, 0.25) is 0 Å². The molecule has 0 fully saturated rings. The first kappa shape index (κ1) is 9.95. The van der Waals surface area contributed by atoms with Gasteiger partial charge in [0.05, 0.1) is 5.57 Å². The van der Waals surface area contributed by atoms with E-state index < -0.39 is 19.2 Å². The van der Waals surface area contributed by atoms with Crippen molar-refractivity contribution in [3.05, 3.63) is 42.0 Å². The van der Waals surface area contributed by atoms with Crippen LogP contribution < -0.4 is 5.46 Å². The molecule has 0 saturated carbocycles. The Morgan fingerprint density at radius 3 is 2.80 bits per heavy atom. The molecule has 2 rings (SSSR count). The molecule has 1 aliphatic heterocycles. The Balaban J connectivity index is 2.41. The first-order valence-electron chi connectivity index (χ1n) is 4.45. The van der Waals surface area contributed by atoms with E-state index in [1.807, 2.05) is 0 Å². The van der Waals surface area contributed by atoms with E-state index in [1.165, 1.54) is 0 Å². The summed E-state index contributed by atoms with van der Waals surface area (Å²) >= 11 is 0. The number of carbonyl (C=O) groups is 1. The first-order valence-corrected chi connectivity index (χ1v) is 4.45. The Morgan fingerprint density at radius 1 is 1.47 bits per heavy atom. The Morgan fingerprint density at radius 2 is 2.13 bits per heavy atom. The fourth-order valence-electron chi connectivity index (χ4n) is 1.63. The Labute approximate surface area is 87.0 Å². The van der Waals surface area contributed by atoms with Gasteiger partial charge < -0.3 is 14.8 Å². The number of hydrogen-bond donors (Lipinski definition) is 2. The number of carboxylic acids is 1. The zero-order valence-corrected chi connectivity index (χ0v) is 7.88. The van der Waals surface area contributed by atoms with Crippen molar-refractivity contribution in [3.8, 4) is 0 Å². The number of carboxylic acid groups (broad SMARTS) is 1. The van der Waals surface area contributed by atoms with Crippen LogP contribution in [0, 0.1) is 0 Å². The molecule has 0 amide bonds. The topological polar surface area (TPSA) is 66.8 Å². The third kappa shape index (κ3) is 1.56. The summed E-state index contributed by atoms with van der Waals surface area (Å²) in [5.41, 5.74) is 1.20. The molecular formula is C10H9BO4. The van der Waals surface area contributed by atoms with Crippen LogP contribution in [0.15, 0.2) is 36.4 Å². The van der Waals surface area contributed by atoms with Gasteiger partial charge in [-0.3, -0.25) is 0 Å². The quantitative estimate of drug-likeness (QED) is 0.529. The smallest absolute Gasteiger partial charge is 0.478 e. The lowest BCUT2D eigenvalue weighted by molar-refractivity contribution is -0.133. The number of benzene rings is 1. The van der Waals surface area contributed by atoms with Crippen molar-refractivity contribution < 1.29 is 19.6 Å². The van der Waals surface area contributed by atoms with Crippen LogP contribution in [0.3, 0.4) is 0 Å². The average Bonchev–Trinajstić information content (AvgIpc) is 2.56. The van der Waals surface area contributed by atoms with Gasteiger partial charge in [0.25, 0.3) is 0 Å². The molecule has 4 nitrogen and oxygen atoms in total. The normalized spacial score (nSPS) is 18.7. The van der Waals surface area contributed by atoms with Crippen LogP contribution in [0.5, 0.6) is 0 Å². The number of rotatable bonds is 2. The van der Waals surface area contributed by atoms with Gasteiger partial charge in [-0.2, -0.15) is 0 Å². The highest BCUT2D eigenvalue weighted by Gasteiger charge is 2.37. The summed E-state index contributed by atoms with van der Waals surface area (Å²) in [6, 6.07) is 6.96. The standard InChI is InChI=1S/C10H9BO4/c1-6(10(12)13)9-7-4-2-3-5-8(7)11(14)15-9/h2-5,9,14H,1H2,(H,12,13). The van der Waals surface area contributed by atoms with Gasteiger partial charge in [-0.1, -0.05) is 30.8 Å². The first-order chi connectivity index (χ1) is 7.11. The minimum Gasteiger partial charge on any atom is -0.478 e. The Hall–Kier alpha value is -1.59. The summed E-state index contributed by atoms with van der Waals surface area (Å²) in [5, 5.41) is 18.3. The maximum absolute atomic E-state index is 10.7. The van der Waals surface area contributed by atoms with Crippen molar-refractivity contribution in [3.63, 3.8) is 0 Å². The van der Waals surface area contributed by atoms with Crippen LogP contribution in [0.1, 0.15) is 11.7 Å². The minimum atomic E-state index is -1.12. The van der Waals surface area contributed by atoms with Crippen molar-refractivity contribution in [2.75, 3.05) is 0 Å². The molecule has 1 unspecified atom stereocenters. The van der Waals surface area contributed by atoms with E-state index >= 15 is 0 Å². The molecule has 0 saturated heterocycles.